The van der Waals surface area contributed by atoms with Crippen LogP contribution >= 0.6 is 34.0 Å². The van der Waals surface area contributed by atoms with Gasteiger partial charge in [0, 0.05) is 86.8 Å². The standard InChI is InChI=1S/C47H38N6O2S3/c1-51(2)32-11-14-35-38(24-32)54-45(48-35)28-9-7-27(8-10-28)29-21-30(40-17-19-42(56-40)46-49-36-15-12-33(52(3)4)25-39(36)55-46)23-31(22-29)41-18-20-43(57-41)47-50-37-16-13-34(53(5)6)26-44(37)58-47/h7-26H,1-6H3. The Balaban J connectivity index is 1.02. The Morgan fingerprint density at radius 3 is 1.48 bits per heavy atom. The van der Waals surface area contributed by atoms with Crippen LogP contribution in [0.3, 0.4) is 0 Å². The molecule has 0 unspecified atom stereocenters. The second-order valence-corrected chi connectivity index (χ2v) is 18.1. The van der Waals surface area contributed by atoms with Crippen LogP contribution < -0.4 is 14.7 Å². The fraction of sp³-hybridized carbons (Fsp3) is 0.128. The highest BCUT2D eigenvalue weighted by molar-refractivity contribution is 7.26. The first-order chi connectivity index (χ1) is 28.1. The van der Waals surface area contributed by atoms with E-state index in [1.165, 1.54) is 15.3 Å². The molecule has 286 valence electrons. The molecule has 0 amide bonds. The lowest BCUT2D eigenvalue weighted by atomic mass is 9.97. The zero-order valence-corrected chi connectivity index (χ0v) is 35.2. The van der Waals surface area contributed by atoms with E-state index < -0.39 is 0 Å². The molecule has 11 heteroatoms. The van der Waals surface area contributed by atoms with Crippen LogP contribution in [0.2, 0.25) is 0 Å². The van der Waals surface area contributed by atoms with E-state index in [0.29, 0.717) is 11.8 Å². The van der Waals surface area contributed by atoms with Gasteiger partial charge in [0.15, 0.2) is 11.2 Å². The van der Waals surface area contributed by atoms with Crippen molar-refractivity contribution < 1.29 is 8.83 Å². The topological polar surface area (TPSA) is 74.7 Å². The second kappa shape index (κ2) is 14.3. The largest absolute Gasteiger partial charge is 0.436 e. The summed E-state index contributed by atoms with van der Waals surface area (Å²) in [4.78, 5) is 25.4. The number of fused-ring (bicyclic) bond motifs is 3. The van der Waals surface area contributed by atoms with E-state index in [2.05, 4.69) is 126 Å². The first kappa shape index (κ1) is 36.1. The zero-order valence-electron chi connectivity index (χ0n) is 32.8. The Morgan fingerprint density at radius 2 is 0.862 bits per heavy atom. The molecule has 5 aromatic carbocycles. The van der Waals surface area contributed by atoms with Gasteiger partial charge in [-0.2, -0.15) is 0 Å². The number of oxazole rings is 2. The molecule has 10 aromatic rings. The van der Waals surface area contributed by atoms with Crippen molar-refractivity contribution in [2.24, 2.45) is 0 Å². The van der Waals surface area contributed by atoms with Crippen molar-refractivity contribution in [3.8, 4) is 64.1 Å². The van der Waals surface area contributed by atoms with E-state index in [1.54, 1.807) is 34.0 Å². The smallest absolute Gasteiger partial charge is 0.237 e. The van der Waals surface area contributed by atoms with E-state index in [4.69, 9.17) is 23.8 Å². The summed E-state index contributed by atoms with van der Waals surface area (Å²) in [5, 5.41) is 1.03. The first-order valence-corrected chi connectivity index (χ1v) is 21.3. The summed E-state index contributed by atoms with van der Waals surface area (Å²) < 4.78 is 13.7. The third-order valence-electron chi connectivity index (χ3n) is 10.3. The molecule has 10 rings (SSSR count). The molecule has 5 heterocycles. The van der Waals surface area contributed by atoms with Gasteiger partial charge in [0.25, 0.3) is 0 Å². The number of rotatable bonds is 9. The summed E-state index contributed by atoms with van der Waals surface area (Å²) in [5.41, 5.74) is 13.0. The third-order valence-corrected chi connectivity index (χ3v) is 13.7. The molecule has 0 aliphatic carbocycles. The van der Waals surface area contributed by atoms with Crippen LogP contribution in [0.25, 0.3) is 96.5 Å². The average molecular weight is 815 g/mol. The molecule has 8 nitrogen and oxygen atoms in total. The third kappa shape index (κ3) is 6.70. The van der Waals surface area contributed by atoms with Gasteiger partial charge in [-0.1, -0.05) is 12.1 Å². The van der Waals surface area contributed by atoms with Crippen LogP contribution in [0.1, 0.15) is 0 Å². The summed E-state index contributed by atoms with van der Waals surface area (Å²) in [5.74, 6) is 1.23. The molecule has 0 N–H and O–H groups in total. The molecule has 0 saturated carbocycles. The maximum Gasteiger partial charge on any atom is 0.237 e. The minimum Gasteiger partial charge on any atom is -0.436 e. The van der Waals surface area contributed by atoms with Gasteiger partial charge in [0.05, 0.1) is 20.0 Å². The van der Waals surface area contributed by atoms with Gasteiger partial charge in [-0.25, -0.2) is 15.0 Å². The predicted octanol–water partition coefficient (Wildman–Crippen LogP) is 12.9. The predicted molar refractivity (Wildman–Crippen MR) is 246 cm³/mol. The van der Waals surface area contributed by atoms with Crippen LogP contribution in [-0.2, 0) is 0 Å². The van der Waals surface area contributed by atoms with E-state index in [-0.39, 0.29) is 0 Å². The number of thiazole rings is 1. The Morgan fingerprint density at radius 1 is 0.379 bits per heavy atom. The van der Waals surface area contributed by atoms with Crippen LogP contribution in [-0.4, -0.2) is 57.2 Å². The molecule has 0 aliphatic rings. The number of hydrogen-bond donors (Lipinski definition) is 0. The first-order valence-electron chi connectivity index (χ1n) is 18.8. The maximum absolute atomic E-state index is 6.30. The Hall–Kier alpha value is -6.27. The molecule has 0 bridgehead atoms. The fourth-order valence-corrected chi connectivity index (χ4v) is 9.97. The lowest BCUT2D eigenvalue weighted by Crippen LogP contribution is -2.07. The van der Waals surface area contributed by atoms with E-state index in [1.807, 2.05) is 52.5 Å². The molecule has 0 fully saturated rings. The number of aromatic nitrogens is 3. The number of anilines is 3. The highest BCUT2D eigenvalue weighted by Gasteiger charge is 2.17. The van der Waals surface area contributed by atoms with Gasteiger partial charge in [-0.05, 0) is 119 Å². The number of nitrogens with zero attached hydrogens (tertiary/aromatic N) is 6. The lowest BCUT2D eigenvalue weighted by molar-refractivity contribution is 0.620. The second-order valence-electron chi connectivity index (χ2n) is 14.9. The lowest BCUT2D eigenvalue weighted by Gasteiger charge is -2.11. The fourth-order valence-electron chi connectivity index (χ4n) is 7.01. The average Bonchev–Trinajstić information content (AvgIpc) is 4.08. The van der Waals surface area contributed by atoms with Crippen molar-refractivity contribution in [2.45, 2.75) is 0 Å². The van der Waals surface area contributed by atoms with Crippen molar-refractivity contribution in [3.63, 3.8) is 0 Å². The van der Waals surface area contributed by atoms with Crippen molar-refractivity contribution >= 4 is 83.5 Å². The van der Waals surface area contributed by atoms with Gasteiger partial charge in [-0.3, -0.25) is 0 Å². The SMILES string of the molecule is CN(C)c1ccc2nc(-c3ccc(-c4cc(-c5ccc(-c6nc7ccc(N(C)C)cc7o6)s5)cc(-c5ccc(-c6nc7ccc(N(C)C)cc7s6)s5)c4)cc3)oc2c1. The summed E-state index contributed by atoms with van der Waals surface area (Å²) in [6, 6.07) is 42.7. The van der Waals surface area contributed by atoms with Gasteiger partial charge < -0.3 is 23.5 Å². The minimum absolute atomic E-state index is 0.606. The highest BCUT2D eigenvalue weighted by Crippen LogP contribution is 2.43. The summed E-state index contributed by atoms with van der Waals surface area (Å²) in [6.45, 7) is 0. The minimum atomic E-state index is 0.606. The quantitative estimate of drug-likeness (QED) is 0.143. The van der Waals surface area contributed by atoms with Crippen LogP contribution in [0.5, 0.6) is 0 Å². The van der Waals surface area contributed by atoms with E-state index >= 15 is 0 Å². The van der Waals surface area contributed by atoms with Gasteiger partial charge >= 0.3 is 0 Å². The summed E-state index contributed by atoms with van der Waals surface area (Å²) >= 11 is 5.20. The summed E-state index contributed by atoms with van der Waals surface area (Å²) in [7, 11) is 12.2. The van der Waals surface area contributed by atoms with Crippen LogP contribution in [0.15, 0.2) is 130 Å². The summed E-state index contributed by atoms with van der Waals surface area (Å²) in [6.07, 6.45) is 0. The van der Waals surface area contributed by atoms with Crippen molar-refractivity contribution in [1.29, 1.82) is 0 Å². The van der Waals surface area contributed by atoms with Crippen molar-refractivity contribution in [2.75, 3.05) is 57.0 Å². The molecule has 0 radical (unpaired) electrons. The van der Waals surface area contributed by atoms with E-state index in [0.717, 1.165) is 86.5 Å². The molecular formula is C47H38N6O2S3. The van der Waals surface area contributed by atoms with Crippen molar-refractivity contribution in [3.05, 3.63) is 121 Å². The normalized spacial score (nSPS) is 11.6. The van der Waals surface area contributed by atoms with Crippen molar-refractivity contribution in [1.82, 2.24) is 15.0 Å². The van der Waals surface area contributed by atoms with Gasteiger partial charge in [0.2, 0.25) is 11.8 Å². The monoisotopic (exact) mass is 814 g/mol. The molecule has 0 aliphatic heterocycles. The molecule has 0 saturated heterocycles. The molecule has 0 spiro atoms. The zero-order chi connectivity index (χ0) is 39.7. The number of benzene rings is 5. The van der Waals surface area contributed by atoms with Gasteiger partial charge in [-0.15, -0.1) is 34.0 Å². The molecule has 58 heavy (non-hydrogen) atoms. The number of thiophene rings is 2. The molecule has 0 atom stereocenters. The highest BCUT2D eigenvalue weighted by atomic mass is 32.1. The van der Waals surface area contributed by atoms with E-state index in [9.17, 15) is 0 Å². The Kier molecular flexibility index (Phi) is 8.89. The maximum atomic E-state index is 6.30. The Labute approximate surface area is 347 Å². The Bertz CT molecular complexity index is 2990. The number of hydrogen-bond acceptors (Lipinski definition) is 11. The van der Waals surface area contributed by atoms with Crippen LogP contribution in [0, 0.1) is 0 Å². The van der Waals surface area contributed by atoms with Crippen LogP contribution in [0.4, 0.5) is 17.1 Å². The van der Waals surface area contributed by atoms with Gasteiger partial charge in [0.1, 0.15) is 16.0 Å². The molecule has 5 aromatic heterocycles. The molecular weight excluding hydrogens is 777 g/mol.